The minimum Gasteiger partial charge on any atom is -0.352 e. The molecule has 0 spiro atoms. The van der Waals surface area contributed by atoms with Gasteiger partial charge in [0.15, 0.2) is 6.29 Å². The maximum absolute atomic E-state index is 5.56. The first-order chi connectivity index (χ1) is 6.83. The molecule has 1 aromatic carbocycles. The molecule has 0 aliphatic carbocycles. The molecule has 0 bridgehead atoms. The van der Waals surface area contributed by atoms with E-state index in [0.29, 0.717) is 0 Å². The Morgan fingerprint density at radius 2 is 1.71 bits per heavy atom. The van der Waals surface area contributed by atoms with Crippen molar-refractivity contribution in [1.29, 1.82) is 0 Å². The predicted octanol–water partition coefficient (Wildman–Crippen LogP) is 3.45. The van der Waals surface area contributed by atoms with Crippen molar-refractivity contribution in [2.45, 2.75) is 33.2 Å². The van der Waals surface area contributed by atoms with Crippen LogP contribution in [0.25, 0.3) is 0 Å². The highest BCUT2D eigenvalue weighted by Gasteiger charge is 2.27. The minimum absolute atomic E-state index is 0.158. The third-order valence-corrected chi connectivity index (χ3v) is 2.23. The highest BCUT2D eigenvalue weighted by atomic mass is 16.7. The largest absolute Gasteiger partial charge is 0.352 e. The van der Waals surface area contributed by atoms with Crippen molar-refractivity contribution in [3.8, 4) is 0 Å². The summed E-state index contributed by atoms with van der Waals surface area (Å²) in [4.78, 5) is 0. The van der Waals surface area contributed by atoms with Crippen molar-refractivity contribution in [2.24, 2.45) is 0 Å². The lowest BCUT2D eigenvalue weighted by Crippen LogP contribution is -1.98. The fraction of sp³-hybridized carbons (Fsp3) is 0.500. The number of hydrogen-bond donors (Lipinski definition) is 0. The zero-order chi connectivity index (χ0) is 10.6. The average molecular weight is 194 g/mol. The Morgan fingerprint density at radius 3 is 2.29 bits per heavy atom. The van der Waals surface area contributed by atoms with Crippen molar-refractivity contribution in [3.63, 3.8) is 0 Å². The van der Waals surface area contributed by atoms with Gasteiger partial charge in [0, 0.05) is 12.7 Å². The number of hydrogen-bond acceptors (Lipinski definition) is 2. The molecular weight excluding hydrogens is 176 g/mol. The van der Waals surface area contributed by atoms with Crippen molar-refractivity contribution in [3.05, 3.63) is 35.4 Å². The van der Waals surface area contributed by atoms with E-state index in [1.165, 1.54) is 5.56 Å². The molecule has 2 atom stereocenters. The Labute approximate surface area is 85.8 Å². The molecule has 2 heteroatoms. The van der Waals surface area contributed by atoms with Gasteiger partial charge >= 0.3 is 0 Å². The maximum Gasteiger partial charge on any atom is 0.184 e. The van der Waals surface area contributed by atoms with E-state index in [9.17, 15) is 0 Å². The van der Waals surface area contributed by atoms with Gasteiger partial charge in [-0.3, -0.25) is 0 Å². The second-order valence-electron chi connectivity index (χ2n) is 2.97. The molecule has 1 aliphatic heterocycles. The normalized spacial score (nSPS) is 23.7. The summed E-state index contributed by atoms with van der Waals surface area (Å²) in [6, 6.07) is 8.16. The molecule has 0 amide bonds. The second-order valence-corrected chi connectivity index (χ2v) is 2.97. The molecule has 0 N–H and O–H groups in total. The van der Waals surface area contributed by atoms with Gasteiger partial charge in [0.25, 0.3) is 0 Å². The van der Waals surface area contributed by atoms with Crippen LogP contribution in [0.2, 0.25) is 0 Å². The van der Waals surface area contributed by atoms with E-state index in [1.54, 1.807) is 7.11 Å². The smallest absolute Gasteiger partial charge is 0.184 e. The summed E-state index contributed by atoms with van der Waals surface area (Å²) in [5, 5.41) is 0. The lowest BCUT2D eigenvalue weighted by molar-refractivity contribution is -0.137. The Morgan fingerprint density at radius 1 is 1.14 bits per heavy atom. The van der Waals surface area contributed by atoms with Crippen LogP contribution in [0, 0.1) is 0 Å². The summed E-state index contributed by atoms with van der Waals surface area (Å²) >= 11 is 0. The Bertz CT molecular complexity index is 283. The molecule has 0 radical (unpaired) electrons. The summed E-state index contributed by atoms with van der Waals surface area (Å²) in [5.41, 5.74) is 2.40. The maximum atomic E-state index is 5.56. The molecule has 1 heterocycles. The van der Waals surface area contributed by atoms with Gasteiger partial charge in [0.1, 0.15) is 0 Å². The van der Waals surface area contributed by atoms with Crippen LogP contribution in [-0.2, 0) is 9.47 Å². The van der Waals surface area contributed by atoms with E-state index in [2.05, 4.69) is 6.07 Å². The quantitative estimate of drug-likeness (QED) is 0.681. The zero-order valence-electron chi connectivity index (χ0n) is 9.28. The van der Waals surface area contributed by atoms with E-state index in [0.717, 1.165) is 5.56 Å². The standard InChI is InChI=1S/C10H12O2.C2H6/c1-7-8-5-3-4-6-9(8)10(11-2)12-7;1-2/h3-7,10H,1-2H3;1-2H3. The fourth-order valence-corrected chi connectivity index (χ4v) is 1.61. The Hall–Kier alpha value is -0.860. The van der Waals surface area contributed by atoms with Gasteiger partial charge in [-0.25, -0.2) is 0 Å². The molecule has 0 saturated carbocycles. The van der Waals surface area contributed by atoms with Crippen LogP contribution in [0.5, 0.6) is 0 Å². The van der Waals surface area contributed by atoms with Crippen LogP contribution in [0.15, 0.2) is 24.3 Å². The molecule has 0 aromatic heterocycles. The lowest BCUT2D eigenvalue weighted by atomic mass is 10.1. The number of ether oxygens (including phenoxy) is 2. The molecule has 1 aliphatic rings. The molecule has 0 saturated heterocycles. The van der Waals surface area contributed by atoms with Crippen molar-refractivity contribution < 1.29 is 9.47 Å². The number of methoxy groups -OCH3 is 1. The van der Waals surface area contributed by atoms with E-state index in [1.807, 2.05) is 39.0 Å². The van der Waals surface area contributed by atoms with Crippen LogP contribution in [-0.4, -0.2) is 7.11 Å². The van der Waals surface area contributed by atoms with E-state index in [-0.39, 0.29) is 12.4 Å². The first kappa shape index (κ1) is 11.2. The highest BCUT2D eigenvalue weighted by molar-refractivity contribution is 5.32. The number of fused-ring (bicyclic) bond motifs is 1. The van der Waals surface area contributed by atoms with E-state index < -0.39 is 0 Å². The van der Waals surface area contributed by atoms with Gasteiger partial charge < -0.3 is 9.47 Å². The SMILES string of the molecule is CC.COC1OC(C)c2ccccc21. The summed E-state index contributed by atoms with van der Waals surface area (Å²) in [7, 11) is 1.67. The molecule has 14 heavy (non-hydrogen) atoms. The molecular formula is C12H18O2. The third-order valence-electron chi connectivity index (χ3n) is 2.23. The highest BCUT2D eigenvalue weighted by Crippen LogP contribution is 2.38. The van der Waals surface area contributed by atoms with Crippen LogP contribution < -0.4 is 0 Å². The van der Waals surface area contributed by atoms with Crippen LogP contribution in [0.3, 0.4) is 0 Å². The second kappa shape index (κ2) is 5.13. The molecule has 1 aromatic rings. The van der Waals surface area contributed by atoms with Crippen LogP contribution >= 0.6 is 0 Å². The Balaban J connectivity index is 0.000000461. The summed E-state index contributed by atoms with van der Waals surface area (Å²) in [6.45, 7) is 6.04. The fourth-order valence-electron chi connectivity index (χ4n) is 1.61. The summed E-state index contributed by atoms with van der Waals surface area (Å²) in [6.07, 6.45) is -0.0117. The molecule has 2 rings (SSSR count). The number of benzene rings is 1. The molecule has 2 nitrogen and oxygen atoms in total. The zero-order valence-corrected chi connectivity index (χ0v) is 9.28. The van der Waals surface area contributed by atoms with Crippen molar-refractivity contribution in [2.75, 3.05) is 7.11 Å². The van der Waals surface area contributed by atoms with Crippen LogP contribution in [0.1, 0.15) is 44.3 Å². The van der Waals surface area contributed by atoms with Gasteiger partial charge in [-0.05, 0) is 12.5 Å². The van der Waals surface area contributed by atoms with Crippen molar-refractivity contribution in [1.82, 2.24) is 0 Å². The van der Waals surface area contributed by atoms with Crippen molar-refractivity contribution >= 4 is 0 Å². The van der Waals surface area contributed by atoms with E-state index in [4.69, 9.17) is 9.47 Å². The van der Waals surface area contributed by atoms with Gasteiger partial charge in [-0.2, -0.15) is 0 Å². The molecule has 78 valence electrons. The average Bonchev–Trinajstić information content (AvgIpc) is 2.59. The predicted molar refractivity (Wildman–Crippen MR) is 57.0 cm³/mol. The van der Waals surface area contributed by atoms with Gasteiger partial charge in [0.2, 0.25) is 0 Å². The van der Waals surface area contributed by atoms with Gasteiger partial charge in [-0.1, -0.05) is 38.1 Å². The lowest BCUT2D eigenvalue weighted by Gasteiger charge is -2.08. The first-order valence-corrected chi connectivity index (χ1v) is 5.10. The topological polar surface area (TPSA) is 18.5 Å². The van der Waals surface area contributed by atoms with Crippen LogP contribution in [0.4, 0.5) is 0 Å². The molecule has 0 fully saturated rings. The van der Waals surface area contributed by atoms with Gasteiger partial charge in [-0.15, -0.1) is 0 Å². The minimum atomic E-state index is -0.170. The molecule has 2 unspecified atom stereocenters. The monoisotopic (exact) mass is 194 g/mol. The Kier molecular flexibility index (Phi) is 4.11. The van der Waals surface area contributed by atoms with E-state index >= 15 is 0 Å². The summed E-state index contributed by atoms with van der Waals surface area (Å²) < 4.78 is 10.7. The third kappa shape index (κ3) is 1.97. The van der Waals surface area contributed by atoms with Gasteiger partial charge in [0.05, 0.1) is 6.10 Å². The first-order valence-electron chi connectivity index (χ1n) is 5.10. The number of rotatable bonds is 1. The summed E-state index contributed by atoms with van der Waals surface area (Å²) in [5.74, 6) is 0.